The van der Waals surface area contributed by atoms with Gasteiger partial charge in [0.15, 0.2) is 0 Å². The Morgan fingerprint density at radius 1 is 0.900 bits per heavy atom. The molecule has 1 heterocycles. The molecule has 100 valence electrons. The van der Waals surface area contributed by atoms with Gasteiger partial charge in [-0.2, -0.15) is 5.10 Å². The van der Waals surface area contributed by atoms with Crippen molar-refractivity contribution in [3.05, 3.63) is 72.4 Å². The molecule has 2 aromatic carbocycles. The Labute approximate surface area is 119 Å². The summed E-state index contributed by atoms with van der Waals surface area (Å²) in [5.41, 5.74) is 3.22. The van der Waals surface area contributed by atoms with Crippen LogP contribution in [-0.2, 0) is 0 Å². The van der Waals surface area contributed by atoms with Crippen molar-refractivity contribution in [2.45, 2.75) is 6.92 Å². The van der Waals surface area contributed by atoms with E-state index in [-0.39, 0.29) is 0 Å². The number of nitrogens with zero attached hydrogens (tertiary/aromatic N) is 3. The normalized spacial score (nSPS) is 10.5. The molecule has 3 rings (SSSR count). The highest BCUT2D eigenvalue weighted by Gasteiger charge is 2.12. The molecule has 3 heteroatoms. The quantitative estimate of drug-likeness (QED) is 0.713. The van der Waals surface area contributed by atoms with Gasteiger partial charge in [-0.25, -0.2) is 4.68 Å². The number of hydrogen-bond acceptors (Lipinski definition) is 2. The molecule has 0 aliphatic heterocycles. The summed E-state index contributed by atoms with van der Waals surface area (Å²) in [6.45, 7) is 2.02. The Morgan fingerprint density at radius 2 is 1.50 bits per heavy atom. The summed E-state index contributed by atoms with van der Waals surface area (Å²) in [6, 6.07) is 22.6. The van der Waals surface area contributed by atoms with Gasteiger partial charge in [0.05, 0.1) is 11.4 Å². The zero-order chi connectivity index (χ0) is 13.9. The number of hydrogen-bond donors (Lipinski definition) is 0. The third kappa shape index (κ3) is 2.30. The Balaban J connectivity index is 2.07. The van der Waals surface area contributed by atoms with E-state index in [0.29, 0.717) is 0 Å². The third-order valence-electron chi connectivity index (χ3n) is 3.30. The highest BCUT2D eigenvalue weighted by molar-refractivity contribution is 5.61. The molecule has 0 saturated carbocycles. The monoisotopic (exact) mass is 263 g/mol. The lowest BCUT2D eigenvalue weighted by molar-refractivity contribution is 0.850. The first-order valence-electron chi connectivity index (χ1n) is 6.66. The van der Waals surface area contributed by atoms with Gasteiger partial charge in [0, 0.05) is 18.8 Å². The van der Waals surface area contributed by atoms with E-state index in [0.717, 1.165) is 22.9 Å². The molecule has 3 aromatic rings. The Hall–Kier alpha value is -2.55. The fourth-order valence-corrected chi connectivity index (χ4v) is 2.27. The minimum Gasteiger partial charge on any atom is -0.329 e. The summed E-state index contributed by atoms with van der Waals surface area (Å²) in [4.78, 5) is 2.15. The maximum absolute atomic E-state index is 4.60. The summed E-state index contributed by atoms with van der Waals surface area (Å²) >= 11 is 0. The first-order chi connectivity index (χ1) is 9.75. The lowest BCUT2D eigenvalue weighted by atomic mass is 10.3. The van der Waals surface area contributed by atoms with Crippen LogP contribution in [0.4, 0.5) is 11.5 Å². The van der Waals surface area contributed by atoms with Crippen LogP contribution in [0.5, 0.6) is 0 Å². The number of benzene rings is 2. The highest BCUT2D eigenvalue weighted by Crippen LogP contribution is 2.26. The van der Waals surface area contributed by atoms with Gasteiger partial charge in [0.2, 0.25) is 0 Å². The maximum atomic E-state index is 4.60. The molecular formula is C17H17N3. The van der Waals surface area contributed by atoms with Crippen molar-refractivity contribution in [1.29, 1.82) is 0 Å². The average Bonchev–Trinajstić information content (AvgIpc) is 2.90. The average molecular weight is 263 g/mol. The predicted molar refractivity (Wildman–Crippen MR) is 82.8 cm³/mol. The van der Waals surface area contributed by atoms with E-state index >= 15 is 0 Å². The summed E-state index contributed by atoms with van der Waals surface area (Å²) in [7, 11) is 2.06. The van der Waals surface area contributed by atoms with Gasteiger partial charge >= 0.3 is 0 Å². The Kier molecular flexibility index (Phi) is 3.25. The van der Waals surface area contributed by atoms with Crippen LogP contribution in [-0.4, -0.2) is 16.8 Å². The lowest BCUT2D eigenvalue weighted by Gasteiger charge is -2.20. The summed E-state index contributed by atoms with van der Waals surface area (Å²) in [5, 5.41) is 4.60. The van der Waals surface area contributed by atoms with Crippen LogP contribution in [0.2, 0.25) is 0 Å². The minimum absolute atomic E-state index is 1.01. The first-order valence-corrected chi connectivity index (χ1v) is 6.66. The van der Waals surface area contributed by atoms with E-state index < -0.39 is 0 Å². The van der Waals surface area contributed by atoms with Crippen molar-refractivity contribution >= 4 is 11.5 Å². The zero-order valence-electron chi connectivity index (χ0n) is 11.7. The van der Waals surface area contributed by atoms with E-state index in [2.05, 4.69) is 47.4 Å². The second-order valence-electron chi connectivity index (χ2n) is 4.79. The van der Waals surface area contributed by atoms with Crippen molar-refractivity contribution in [1.82, 2.24) is 9.78 Å². The number of para-hydroxylation sites is 2. The number of rotatable bonds is 3. The molecular weight excluding hydrogens is 246 g/mol. The zero-order valence-corrected chi connectivity index (χ0v) is 11.7. The van der Waals surface area contributed by atoms with Gasteiger partial charge in [-0.3, -0.25) is 0 Å². The maximum Gasteiger partial charge on any atom is 0.136 e. The van der Waals surface area contributed by atoms with Crippen LogP contribution >= 0.6 is 0 Å². The van der Waals surface area contributed by atoms with Crippen molar-refractivity contribution in [3.8, 4) is 5.69 Å². The summed E-state index contributed by atoms with van der Waals surface area (Å²) in [6.07, 6.45) is 0. The second-order valence-corrected chi connectivity index (χ2v) is 4.79. The van der Waals surface area contributed by atoms with Crippen LogP contribution in [0.15, 0.2) is 66.7 Å². The number of anilines is 2. The summed E-state index contributed by atoms with van der Waals surface area (Å²) < 4.78 is 1.97. The highest BCUT2D eigenvalue weighted by atomic mass is 15.4. The van der Waals surface area contributed by atoms with Crippen LogP contribution in [0.1, 0.15) is 5.69 Å². The summed E-state index contributed by atoms with van der Waals surface area (Å²) in [5.74, 6) is 1.06. The second kappa shape index (κ2) is 5.21. The van der Waals surface area contributed by atoms with Crippen LogP contribution in [0, 0.1) is 6.92 Å². The van der Waals surface area contributed by atoms with Crippen molar-refractivity contribution < 1.29 is 0 Å². The van der Waals surface area contributed by atoms with Crippen molar-refractivity contribution in [2.24, 2.45) is 0 Å². The SMILES string of the molecule is Cc1cc(N(C)c2ccccc2)n(-c2ccccc2)n1. The van der Waals surface area contributed by atoms with E-state index in [1.54, 1.807) is 0 Å². The van der Waals surface area contributed by atoms with Crippen LogP contribution in [0.3, 0.4) is 0 Å². The molecule has 0 unspecified atom stereocenters. The van der Waals surface area contributed by atoms with Gasteiger partial charge in [-0.1, -0.05) is 36.4 Å². The van der Waals surface area contributed by atoms with Crippen LogP contribution in [0.25, 0.3) is 5.69 Å². The first kappa shape index (κ1) is 12.5. The van der Waals surface area contributed by atoms with E-state index in [1.807, 2.05) is 48.0 Å². The van der Waals surface area contributed by atoms with E-state index in [1.165, 1.54) is 0 Å². The molecule has 0 spiro atoms. The third-order valence-corrected chi connectivity index (χ3v) is 3.30. The predicted octanol–water partition coefficient (Wildman–Crippen LogP) is 3.95. The van der Waals surface area contributed by atoms with Crippen molar-refractivity contribution in [2.75, 3.05) is 11.9 Å². The molecule has 1 aromatic heterocycles. The molecule has 0 aliphatic rings. The van der Waals surface area contributed by atoms with E-state index in [9.17, 15) is 0 Å². The molecule has 0 atom stereocenters. The molecule has 20 heavy (non-hydrogen) atoms. The van der Waals surface area contributed by atoms with Gasteiger partial charge < -0.3 is 4.90 Å². The Morgan fingerprint density at radius 3 is 2.15 bits per heavy atom. The molecule has 0 N–H and O–H groups in total. The fraction of sp³-hybridized carbons (Fsp3) is 0.118. The molecule has 0 aliphatic carbocycles. The smallest absolute Gasteiger partial charge is 0.136 e. The molecule has 0 radical (unpaired) electrons. The largest absolute Gasteiger partial charge is 0.329 e. The molecule has 0 saturated heterocycles. The standard InChI is InChI=1S/C17H17N3/c1-14-13-17(19(2)15-9-5-3-6-10-15)20(18-14)16-11-7-4-8-12-16/h3-13H,1-2H3. The van der Waals surface area contributed by atoms with Crippen LogP contribution < -0.4 is 4.90 Å². The number of aryl methyl sites for hydroxylation is 1. The van der Waals surface area contributed by atoms with Gasteiger partial charge in [-0.15, -0.1) is 0 Å². The van der Waals surface area contributed by atoms with Gasteiger partial charge in [0.1, 0.15) is 5.82 Å². The fourth-order valence-electron chi connectivity index (χ4n) is 2.27. The number of aromatic nitrogens is 2. The molecule has 0 amide bonds. The molecule has 3 nitrogen and oxygen atoms in total. The van der Waals surface area contributed by atoms with Crippen molar-refractivity contribution in [3.63, 3.8) is 0 Å². The minimum atomic E-state index is 1.01. The van der Waals surface area contributed by atoms with E-state index in [4.69, 9.17) is 0 Å². The molecule has 0 fully saturated rings. The van der Waals surface area contributed by atoms with Gasteiger partial charge in [-0.05, 0) is 31.2 Å². The Bertz CT molecular complexity index is 687. The topological polar surface area (TPSA) is 21.1 Å². The molecule has 0 bridgehead atoms. The van der Waals surface area contributed by atoms with Gasteiger partial charge in [0.25, 0.3) is 0 Å². The lowest BCUT2D eigenvalue weighted by Crippen LogP contribution is -2.14.